The van der Waals surface area contributed by atoms with Gasteiger partial charge in [-0.1, -0.05) is 60.7 Å². The predicted molar refractivity (Wildman–Crippen MR) is 112 cm³/mol. The van der Waals surface area contributed by atoms with Crippen LogP contribution in [0.15, 0.2) is 72.8 Å². The number of amides is 1. The van der Waals surface area contributed by atoms with Gasteiger partial charge in [0.15, 0.2) is 0 Å². The second-order valence-electron chi connectivity index (χ2n) is 6.82. The summed E-state index contributed by atoms with van der Waals surface area (Å²) >= 11 is 0. The Morgan fingerprint density at radius 1 is 1.00 bits per heavy atom. The quantitative estimate of drug-likeness (QED) is 0.668. The molecule has 29 heavy (non-hydrogen) atoms. The number of ether oxygens (including phenoxy) is 1. The summed E-state index contributed by atoms with van der Waals surface area (Å²) in [7, 11) is 0. The van der Waals surface area contributed by atoms with E-state index in [-0.39, 0.29) is 12.5 Å². The van der Waals surface area contributed by atoms with Crippen molar-refractivity contribution in [3.8, 4) is 11.1 Å². The Hall–Kier alpha value is -3.44. The molecule has 1 aromatic heterocycles. The smallest absolute Gasteiger partial charge is 0.407 e. The molecule has 0 aliphatic heterocycles. The largest absolute Gasteiger partial charge is 0.449 e. The number of carbonyl (C=O) groups excluding carboxylic acids is 1. The topological polar surface area (TPSA) is 71.5 Å². The van der Waals surface area contributed by atoms with E-state index >= 15 is 0 Å². The average molecular weight is 386 g/mol. The molecule has 3 aromatic rings. The Morgan fingerprint density at radius 3 is 2.38 bits per heavy atom. The molecule has 0 unspecified atom stereocenters. The molecule has 2 aromatic carbocycles. The molecule has 0 fully saturated rings. The molecule has 1 aliphatic rings. The first-order valence-electron chi connectivity index (χ1n) is 9.58. The minimum atomic E-state index is -0.450. The Labute approximate surface area is 169 Å². The van der Waals surface area contributed by atoms with Gasteiger partial charge in [-0.2, -0.15) is 0 Å². The van der Waals surface area contributed by atoms with E-state index in [4.69, 9.17) is 9.84 Å². The van der Waals surface area contributed by atoms with Crippen LogP contribution in [0.4, 0.5) is 4.79 Å². The maximum atomic E-state index is 12.1. The highest BCUT2D eigenvalue weighted by Gasteiger charge is 2.28. The normalized spacial score (nSPS) is 12.6. The van der Waals surface area contributed by atoms with Crippen LogP contribution in [0.25, 0.3) is 17.2 Å². The summed E-state index contributed by atoms with van der Waals surface area (Å²) in [5.74, 6) is 0.0501. The molecule has 5 heteroatoms. The van der Waals surface area contributed by atoms with E-state index in [0.29, 0.717) is 18.8 Å². The van der Waals surface area contributed by atoms with E-state index in [2.05, 4.69) is 34.6 Å². The van der Waals surface area contributed by atoms with Crippen LogP contribution in [0, 0.1) is 0 Å². The van der Waals surface area contributed by atoms with Crippen LogP contribution in [0.1, 0.15) is 28.4 Å². The maximum absolute atomic E-state index is 12.1. The van der Waals surface area contributed by atoms with Crippen LogP contribution < -0.4 is 5.32 Å². The van der Waals surface area contributed by atoms with Crippen molar-refractivity contribution in [1.82, 2.24) is 10.3 Å². The fourth-order valence-corrected chi connectivity index (χ4v) is 3.65. The Balaban J connectivity index is 1.32. The Morgan fingerprint density at radius 2 is 1.69 bits per heavy atom. The third-order valence-electron chi connectivity index (χ3n) is 4.99. The lowest BCUT2D eigenvalue weighted by Crippen LogP contribution is -2.26. The molecule has 0 spiro atoms. The summed E-state index contributed by atoms with van der Waals surface area (Å²) in [6.45, 7) is 0.533. The first-order valence-corrected chi connectivity index (χ1v) is 9.58. The summed E-state index contributed by atoms with van der Waals surface area (Å²) in [5, 5.41) is 11.8. The van der Waals surface area contributed by atoms with E-state index in [1.807, 2.05) is 36.4 Å². The molecule has 0 bridgehead atoms. The van der Waals surface area contributed by atoms with Crippen molar-refractivity contribution in [2.75, 3.05) is 13.2 Å². The van der Waals surface area contributed by atoms with Gasteiger partial charge < -0.3 is 15.2 Å². The van der Waals surface area contributed by atoms with Crippen molar-refractivity contribution in [3.63, 3.8) is 0 Å². The standard InChI is InChI=1S/C24H22N2O3/c27-15-18-8-5-7-17(26-18)9-6-14-25-24(28)29-16-23-21-12-3-1-10-19(21)20-11-2-4-13-22(20)23/h1-13,23,27H,14-16H2,(H,25,28). The van der Waals surface area contributed by atoms with Gasteiger partial charge in [0, 0.05) is 12.5 Å². The van der Waals surface area contributed by atoms with Crippen LogP contribution >= 0.6 is 0 Å². The highest BCUT2D eigenvalue weighted by atomic mass is 16.5. The summed E-state index contributed by atoms with van der Waals surface area (Å²) in [4.78, 5) is 16.4. The molecular formula is C24H22N2O3. The Kier molecular flexibility index (Phi) is 5.68. The lowest BCUT2D eigenvalue weighted by Gasteiger charge is -2.14. The van der Waals surface area contributed by atoms with Gasteiger partial charge in [0.25, 0.3) is 0 Å². The van der Waals surface area contributed by atoms with Crippen LogP contribution in [0.3, 0.4) is 0 Å². The number of benzene rings is 2. The lowest BCUT2D eigenvalue weighted by molar-refractivity contribution is 0.144. The average Bonchev–Trinajstić information content (AvgIpc) is 3.09. The monoisotopic (exact) mass is 386 g/mol. The van der Waals surface area contributed by atoms with E-state index in [1.54, 1.807) is 18.2 Å². The molecule has 0 saturated heterocycles. The van der Waals surface area contributed by atoms with Crippen molar-refractivity contribution in [2.45, 2.75) is 12.5 Å². The molecule has 0 radical (unpaired) electrons. The summed E-state index contributed by atoms with van der Waals surface area (Å²) in [6, 6.07) is 21.9. The highest BCUT2D eigenvalue weighted by molar-refractivity contribution is 5.79. The fourth-order valence-electron chi connectivity index (χ4n) is 3.65. The third kappa shape index (κ3) is 4.20. The summed E-state index contributed by atoms with van der Waals surface area (Å²) in [6.07, 6.45) is 3.14. The number of rotatable bonds is 6. The number of hydrogen-bond donors (Lipinski definition) is 2. The van der Waals surface area contributed by atoms with Gasteiger partial charge in [0.05, 0.1) is 18.0 Å². The molecule has 0 saturated carbocycles. The molecule has 5 nitrogen and oxygen atoms in total. The number of aliphatic hydroxyl groups is 1. The number of fused-ring (bicyclic) bond motifs is 3. The zero-order valence-corrected chi connectivity index (χ0v) is 15.9. The van der Waals surface area contributed by atoms with Crippen LogP contribution in [0.5, 0.6) is 0 Å². The van der Waals surface area contributed by atoms with E-state index in [9.17, 15) is 4.79 Å². The van der Waals surface area contributed by atoms with E-state index < -0.39 is 6.09 Å². The number of aromatic nitrogens is 1. The second kappa shape index (κ2) is 8.71. The molecule has 4 rings (SSSR count). The van der Waals surface area contributed by atoms with Crippen LogP contribution in [0.2, 0.25) is 0 Å². The minimum Gasteiger partial charge on any atom is -0.449 e. The van der Waals surface area contributed by atoms with Gasteiger partial charge in [0.2, 0.25) is 0 Å². The van der Waals surface area contributed by atoms with Gasteiger partial charge in [-0.15, -0.1) is 0 Å². The number of aliphatic hydroxyl groups excluding tert-OH is 1. The van der Waals surface area contributed by atoms with Gasteiger partial charge >= 0.3 is 6.09 Å². The van der Waals surface area contributed by atoms with Gasteiger partial charge in [-0.3, -0.25) is 4.98 Å². The van der Waals surface area contributed by atoms with Crippen LogP contribution in [-0.2, 0) is 11.3 Å². The zero-order chi connectivity index (χ0) is 20.1. The first-order chi connectivity index (χ1) is 14.3. The van der Waals surface area contributed by atoms with E-state index in [0.717, 1.165) is 5.69 Å². The molecule has 0 atom stereocenters. The van der Waals surface area contributed by atoms with Crippen molar-refractivity contribution in [2.24, 2.45) is 0 Å². The van der Waals surface area contributed by atoms with Gasteiger partial charge in [0.1, 0.15) is 6.61 Å². The first kappa shape index (κ1) is 18.9. The Bertz CT molecular complexity index is 1000. The molecule has 2 N–H and O–H groups in total. The predicted octanol–water partition coefficient (Wildman–Crippen LogP) is 4.13. The third-order valence-corrected chi connectivity index (χ3v) is 4.99. The molecule has 1 heterocycles. The SMILES string of the molecule is O=C(NCC=Cc1cccc(CO)n1)OCC1c2ccccc2-c2ccccc21. The summed E-state index contributed by atoms with van der Waals surface area (Å²) in [5.41, 5.74) is 6.13. The zero-order valence-electron chi connectivity index (χ0n) is 15.9. The number of alkyl carbamates (subject to hydrolysis) is 1. The number of hydrogen-bond acceptors (Lipinski definition) is 4. The number of nitrogens with one attached hydrogen (secondary N) is 1. The summed E-state index contributed by atoms with van der Waals surface area (Å²) < 4.78 is 5.50. The maximum Gasteiger partial charge on any atom is 0.407 e. The van der Waals surface area contributed by atoms with Crippen LogP contribution in [-0.4, -0.2) is 29.3 Å². The van der Waals surface area contributed by atoms with Crippen molar-refractivity contribution >= 4 is 12.2 Å². The highest BCUT2D eigenvalue weighted by Crippen LogP contribution is 2.44. The second-order valence-corrected chi connectivity index (χ2v) is 6.82. The minimum absolute atomic E-state index is 0.0501. The molecular weight excluding hydrogens is 364 g/mol. The molecule has 1 amide bonds. The molecule has 146 valence electrons. The van der Waals surface area contributed by atoms with Crippen molar-refractivity contribution < 1.29 is 14.6 Å². The van der Waals surface area contributed by atoms with Crippen molar-refractivity contribution in [1.29, 1.82) is 0 Å². The number of nitrogens with zero attached hydrogens (tertiary/aromatic N) is 1. The van der Waals surface area contributed by atoms with Crippen molar-refractivity contribution in [3.05, 3.63) is 95.3 Å². The van der Waals surface area contributed by atoms with E-state index in [1.165, 1.54) is 22.3 Å². The van der Waals surface area contributed by atoms with Gasteiger partial charge in [-0.25, -0.2) is 4.79 Å². The fraction of sp³-hybridized carbons (Fsp3) is 0.167. The van der Waals surface area contributed by atoms with Gasteiger partial charge in [-0.05, 0) is 40.5 Å². The number of carbonyl (C=O) groups is 1. The lowest BCUT2D eigenvalue weighted by atomic mass is 9.98. The molecule has 1 aliphatic carbocycles. The number of pyridine rings is 1.